The normalized spacial score (nSPS) is 22.6. The molecule has 0 aromatic heterocycles. The Hall–Kier alpha value is -1.66. The first-order valence-corrected chi connectivity index (χ1v) is 5.95. The Morgan fingerprint density at radius 3 is 2.74 bits per heavy atom. The standard InChI is InChI=1S/C12H11ClFNO4/c13-6-1-2-9(14)8(3-6)11(17)15-5-7(16)4-10(15)12(18)19/h1-3,7,10,16H,4-5H2,(H,18,19)/t7-,10-/m1/s1. The monoisotopic (exact) mass is 287 g/mol. The van der Waals surface area contributed by atoms with Crippen molar-refractivity contribution in [1.29, 1.82) is 0 Å². The predicted octanol–water partition coefficient (Wildman–Crippen LogP) is 1.14. The molecule has 19 heavy (non-hydrogen) atoms. The topological polar surface area (TPSA) is 77.8 Å². The van der Waals surface area contributed by atoms with Crippen molar-refractivity contribution in [2.45, 2.75) is 18.6 Å². The van der Waals surface area contributed by atoms with Crippen LogP contribution < -0.4 is 0 Å². The molecule has 0 unspecified atom stereocenters. The van der Waals surface area contributed by atoms with Crippen molar-refractivity contribution in [2.75, 3.05) is 6.54 Å². The van der Waals surface area contributed by atoms with Crippen LogP contribution in [0.25, 0.3) is 0 Å². The number of β-amino-alcohol motifs (C(OH)–C–C–N with tert-alkyl or cyclic N) is 1. The van der Waals surface area contributed by atoms with E-state index in [9.17, 15) is 19.1 Å². The average molecular weight is 288 g/mol. The van der Waals surface area contributed by atoms with Crippen LogP contribution in [0.1, 0.15) is 16.8 Å². The summed E-state index contributed by atoms with van der Waals surface area (Å²) >= 11 is 5.69. The highest BCUT2D eigenvalue weighted by Gasteiger charge is 2.39. The second-order valence-corrected chi connectivity index (χ2v) is 4.76. The molecule has 1 aliphatic heterocycles. The van der Waals surface area contributed by atoms with Crippen LogP contribution in [-0.2, 0) is 4.79 Å². The maximum absolute atomic E-state index is 13.6. The van der Waals surface area contributed by atoms with E-state index < -0.39 is 29.8 Å². The van der Waals surface area contributed by atoms with Gasteiger partial charge in [0.15, 0.2) is 0 Å². The Balaban J connectivity index is 2.33. The van der Waals surface area contributed by atoms with Gasteiger partial charge in [-0.25, -0.2) is 9.18 Å². The van der Waals surface area contributed by atoms with Crippen LogP contribution in [0.3, 0.4) is 0 Å². The van der Waals surface area contributed by atoms with Crippen molar-refractivity contribution in [3.63, 3.8) is 0 Å². The summed E-state index contributed by atoms with van der Waals surface area (Å²) in [7, 11) is 0. The number of aliphatic hydroxyl groups is 1. The molecule has 1 aromatic carbocycles. The zero-order chi connectivity index (χ0) is 14.2. The van der Waals surface area contributed by atoms with E-state index in [2.05, 4.69) is 0 Å². The number of nitrogens with zero attached hydrogens (tertiary/aromatic N) is 1. The molecule has 1 heterocycles. The molecule has 0 spiro atoms. The van der Waals surface area contributed by atoms with Crippen LogP contribution in [0.5, 0.6) is 0 Å². The lowest BCUT2D eigenvalue weighted by atomic mass is 10.1. The first kappa shape index (κ1) is 13.8. The van der Waals surface area contributed by atoms with Gasteiger partial charge in [0.2, 0.25) is 0 Å². The Kier molecular flexibility index (Phi) is 3.73. The minimum Gasteiger partial charge on any atom is -0.480 e. The fraction of sp³-hybridized carbons (Fsp3) is 0.333. The number of aliphatic carboxylic acids is 1. The highest BCUT2D eigenvalue weighted by Crippen LogP contribution is 2.23. The molecule has 1 aliphatic rings. The van der Waals surface area contributed by atoms with Gasteiger partial charge in [-0.2, -0.15) is 0 Å². The van der Waals surface area contributed by atoms with E-state index in [1.807, 2.05) is 0 Å². The smallest absolute Gasteiger partial charge is 0.326 e. The highest BCUT2D eigenvalue weighted by atomic mass is 35.5. The van der Waals surface area contributed by atoms with Gasteiger partial charge in [-0.15, -0.1) is 0 Å². The van der Waals surface area contributed by atoms with E-state index in [4.69, 9.17) is 16.7 Å². The van der Waals surface area contributed by atoms with E-state index >= 15 is 0 Å². The maximum atomic E-state index is 13.6. The lowest BCUT2D eigenvalue weighted by Crippen LogP contribution is -2.40. The molecule has 2 N–H and O–H groups in total. The summed E-state index contributed by atoms with van der Waals surface area (Å²) < 4.78 is 13.6. The molecule has 7 heteroatoms. The van der Waals surface area contributed by atoms with Crippen LogP contribution >= 0.6 is 11.6 Å². The minimum atomic E-state index is -1.23. The summed E-state index contributed by atoms with van der Waals surface area (Å²) in [6.07, 6.45) is -0.990. The largest absolute Gasteiger partial charge is 0.480 e. The minimum absolute atomic E-state index is 0.0662. The van der Waals surface area contributed by atoms with Crippen LogP contribution in [0, 0.1) is 5.82 Å². The van der Waals surface area contributed by atoms with Crippen LogP contribution in [0.15, 0.2) is 18.2 Å². The Morgan fingerprint density at radius 2 is 2.11 bits per heavy atom. The molecule has 2 atom stereocenters. The number of carboxylic acids is 1. The molecule has 0 bridgehead atoms. The van der Waals surface area contributed by atoms with Gasteiger partial charge in [0, 0.05) is 18.0 Å². The average Bonchev–Trinajstić information content (AvgIpc) is 2.74. The summed E-state index contributed by atoms with van der Waals surface area (Å²) in [4.78, 5) is 24.1. The van der Waals surface area contributed by atoms with Gasteiger partial charge in [0.25, 0.3) is 5.91 Å². The quantitative estimate of drug-likeness (QED) is 0.855. The number of carboxylic acid groups (broad SMARTS) is 1. The summed E-state index contributed by atoms with van der Waals surface area (Å²) in [6, 6.07) is 2.32. The molecule has 0 saturated carbocycles. The van der Waals surface area contributed by atoms with Crippen LogP contribution in [0.4, 0.5) is 4.39 Å². The van der Waals surface area contributed by atoms with Gasteiger partial charge in [-0.1, -0.05) is 11.6 Å². The number of halogens is 2. The molecule has 1 amide bonds. The number of amides is 1. The second-order valence-electron chi connectivity index (χ2n) is 4.33. The van der Waals surface area contributed by atoms with Crippen molar-refractivity contribution in [3.05, 3.63) is 34.6 Å². The SMILES string of the molecule is O=C(O)[C@H]1C[C@@H](O)CN1C(=O)c1cc(Cl)ccc1F. The molecule has 5 nitrogen and oxygen atoms in total. The third-order valence-electron chi connectivity index (χ3n) is 2.98. The third-order valence-corrected chi connectivity index (χ3v) is 3.22. The van der Waals surface area contributed by atoms with Crippen molar-refractivity contribution in [2.24, 2.45) is 0 Å². The van der Waals surface area contributed by atoms with Gasteiger partial charge in [-0.3, -0.25) is 4.79 Å². The van der Waals surface area contributed by atoms with Crippen molar-refractivity contribution < 1.29 is 24.2 Å². The second kappa shape index (κ2) is 5.14. The molecule has 1 saturated heterocycles. The first-order valence-electron chi connectivity index (χ1n) is 5.57. The zero-order valence-corrected chi connectivity index (χ0v) is 10.5. The third kappa shape index (κ3) is 2.69. The molecule has 0 radical (unpaired) electrons. The number of benzene rings is 1. The van der Waals surface area contributed by atoms with E-state index in [1.165, 1.54) is 6.07 Å². The molecule has 102 valence electrons. The number of hydrogen-bond acceptors (Lipinski definition) is 3. The van der Waals surface area contributed by atoms with Gasteiger partial charge in [-0.05, 0) is 18.2 Å². The highest BCUT2D eigenvalue weighted by molar-refractivity contribution is 6.31. The van der Waals surface area contributed by atoms with Crippen LogP contribution in [-0.4, -0.2) is 45.7 Å². The predicted molar refractivity (Wildman–Crippen MR) is 64.5 cm³/mol. The van der Waals surface area contributed by atoms with Gasteiger partial charge in [0.1, 0.15) is 11.9 Å². The number of carbonyl (C=O) groups excluding carboxylic acids is 1. The Morgan fingerprint density at radius 1 is 1.42 bits per heavy atom. The van der Waals surface area contributed by atoms with E-state index in [1.54, 1.807) is 0 Å². The summed E-state index contributed by atoms with van der Waals surface area (Å²) in [5.41, 5.74) is -0.298. The first-order chi connectivity index (χ1) is 8.90. The van der Waals surface area contributed by atoms with Crippen LogP contribution in [0.2, 0.25) is 5.02 Å². The number of hydrogen-bond donors (Lipinski definition) is 2. The summed E-state index contributed by atoms with van der Waals surface area (Å²) in [5, 5.41) is 18.6. The number of rotatable bonds is 2. The number of carbonyl (C=O) groups is 2. The van der Waals surface area contributed by atoms with Gasteiger partial charge >= 0.3 is 5.97 Å². The van der Waals surface area contributed by atoms with E-state index in [0.29, 0.717) is 0 Å². The molecular weight excluding hydrogens is 277 g/mol. The molecule has 0 aliphatic carbocycles. The fourth-order valence-corrected chi connectivity index (χ4v) is 2.26. The summed E-state index contributed by atoms with van der Waals surface area (Å²) in [5.74, 6) is -2.80. The lowest BCUT2D eigenvalue weighted by molar-refractivity contribution is -0.141. The van der Waals surface area contributed by atoms with Gasteiger partial charge < -0.3 is 15.1 Å². The zero-order valence-electron chi connectivity index (χ0n) is 9.72. The van der Waals surface area contributed by atoms with Crippen molar-refractivity contribution in [3.8, 4) is 0 Å². The summed E-state index contributed by atoms with van der Waals surface area (Å²) in [6.45, 7) is -0.137. The number of likely N-dealkylation sites (tertiary alicyclic amines) is 1. The lowest BCUT2D eigenvalue weighted by Gasteiger charge is -2.21. The number of aliphatic hydroxyl groups excluding tert-OH is 1. The van der Waals surface area contributed by atoms with E-state index in [-0.39, 0.29) is 23.6 Å². The van der Waals surface area contributed by atoms with Crippen molar-refractivity contribution >= 4 is 23.5 Å². The Bertz CT molecular complexity index is 536. The fourth-order valence-electron chi connectivity index (χ4n) is 2.09. The molecule has 2 rings (SSSR count). The van der Waals surface area contributed by atoms with Crippen molar-refractivity contribution in [1.82, 2.24) is 4.90 Å². The van der Waals surface area contributed by atoms with Gasteiger partial charge in [0.05, 0.1) is 11.7 Å². The maximum Gasteiger partial charge on any atom is 0.326 e. The molecule has 1 aromatic rings. The Labute approximate surface area is 113 Å². The van der Waals surface area contributed by atoms with E-state index in [0.717, 1.165) is 17.0 Å². The molecule has 1 fully saturated rings. The molecular formula is C12H11ClFNO4.